The third-order valence-corrected chi connectivity index (χ3v) is 5.72. The molecule has 4 rings (SSSR count). The normalized spacial score (nSPS) is 19.3. The zero-order valence-corrected chi connectivity index (χ0v) is 17.3. The number of rotatable bonds is 6. The third kappa shape index (κ3) is 4.31. The van der Waals surface area contributed by atoms with Crippen LogP contribution in [-0.4, -0.2) is 31.4 Å². The van der Waals surface area contributed by atoms with Crippen molar-refractivity contribution in [2.75, 3.05) is 25.1 Å². The molecule has 1 heterocycles. The average molecular weight is 405 g/mol. The Morgan fingerprint density at radius 2 is 1.70 bits per heavy atom. The number of hydrogen-bond acceptors (Lipinski definition) is 5. The van der Waals surface area contributed by atoms with Gasteiger partial charge in [0.1, 0.15) is 5.75 Å². The lowest BCUT2D eigenvalue weighted by Gasteiger charge is -2.24. The van der Waals surface area contributed by atoms with Crippen molar-refractivity contribution in [2.45, 2.75) is 32.6 Å². The van der Waals surface area contributed by atoms with Crippen LogP contribution < -0.4 is 10.1 Å². The molecule has 0 aromatic heterocycles. The standard InChI is InChI=1S/C25H27NO4/c1-2-30-19-11-9-18(10-12-19)26-23-22(16-17-6-5-14-29-15-13-17)24(27)20-7-3-4-8-21(20)25(23)28/h3-4,7-12,17,26H,2,5-6,13-16H2,1H3. The first-order valence-corrected chi connectivity index (χ1v) is 10.7. The number of carbonyl (C=O) groups excluding carboxylic acids is 2. The summed E-state index contributed by atoms with van der Waals surface area (Å²) in [5.41, 5.74) is 2.70. The highest BCUT2D eigenvalue weighted by Gasteiger charge is 2.33. The molecule has 2 aromatic rings. The van der Waals surface area contributed by atoms with Crippen molar-refractivity contribution in [1.82, 2.24) is 0 Å². The number of benzene rings is 2. The second-order valence-corrected chi connectivity index (χ2v) is 7.75. The second-order valence-electron chi connectivity index (χ2n) is 7.75. The first-order chi connectivity index (χ1) is 14.7. The molecule has 30 heavy (non-hydrogen) atoms. The molecule has 1 aliphatic carbocycles. The van der Waals surface area contributed by atoms with E-state index in [2.05, 4.69) is 5.32 Å². The fraction of sp³-hybridized carbons (Fsp3) is 0.360. The molecule has 0 spiro atoms. The van der Waals surface area contributed by atoms with Gasteiger partial charge in [0.2, 0.25) is 5.78 Å². The summed E-state index contributed by atoms with van der Waals surface area (Å²) in [6.45, 7) is 4.00. The van der Waals surface area contributed by atoms with Crippen LogP contribution in [-0.2, 0) is 4.74 Å². The van der Waals surface area contributed by atoms with Crippen molar-refractivity contribution in [3.05, 3.63) is 70.9 Å². The Labute approximate surface area is 177 Å². The van der Waals surface area contributed by atoms with Crippen LogP contribution in [0.15, 0.2) is 59.8 Å². The monoisotopic (exact) mass is 405 g/mol. The minimum absolute atomic E-state index is 0.0520. The van der Waals surface area contributed by atoms with Gasteiger partial charge < -0.3 is 14.8 Å². The van der Waals surface area contributed by atoms with Crippen molar-refractivity contribution in [3.63, 3.8) is 0 Å². The number of ether oxygens (including phenoxy) is 2. The number of carbonyl (C=O) groups is 2. The summed E-state index contributed by atoms with van der Waals surface area (Å²) in [7, 11) is 0. The van der Waals surface area contributed by atoms with Gasteiger partial charge in [0.25, 0.3) is 0 Å². The van der Waals surface area contributed by atoms with Gasteiger partial charge in [-0.05, 0) is 62.8 Å². The maximum Gasteiger partial charge on any atom is 0.210 e. The van der Waals surface area contributed by atoms with E-state index in [-0.39, 0.29) is 11.6 Å². The smallest absolute Gasteiger partial charge is 0.210 e. The molecule has 0 saturated carbocycles. The minimum Gasteiger partial charge on any atom is -0.494 e. The molecule has 1 N–H and O–H groups in total. The Morgan fingerprint density at radius 1 is 0.967 bits per heavy atom. The molecule has 0 radical (unpaired) electrons. The highest BCUT2D eigenvalue weighted by molar-refractivity contribution is 6.27. The second kappa shape index (κ2) is 9.26. The molecule has 0 amide bonds. The highest BCUT2D eigenvalue weighted by Crippen LogP contribution is 2.33. The lowest BCUT2D eigenvalue weighted by atomic mass is 9.81. The Balaban J connectivity index is 1.68. The van der Waals surface area contributed by atoms with Gasteiger partial charge in [0, 0.05) is 35.6 Å². The maximum atomic E-state index is 13.4. The molecule has 2 aliphatic rings. The van der Waals surface area contributed by atoms with E-state index in [1.165, 1.54) is 0 Å². The summed E-state index contributed by atoms with van der Waals surface area (Å²) in [6, 6.07) is 14.5. The predicted octanol–water partition coefficient (Wildman–Crippen LogP) is 5.04. The zero-order chi connectivity index (χ0) is 20.9. The Kier molecular flexibility index (Phi) is 6.29. The van der Waals surface area contributed by atoms with Crippen LogP contribution in [0.2, 0.25) is 0 Å². The van der Waals surface area contributed by atoms with Crippen molar-refractivity contribution in [3.8, 4) is 5.75 Å². The van der Waals surface area contributed by atoms with Gasteiger partial charge in [0.05, 0.1) is 12.3 Å². The van der Waals surface area contributed by atoms with Gasteiger partial charge in [-0.1, -0.05) is 24.3 Å². The quantitative estimate of drug-likeness (QED) is 0.730. The molecule has 1 aliphatic heterocycles. The largest absolute Gasteiger partial charge is 0.494 e. The lowest BCUT2D eigenvalue weighted by molar-refractivity contribution is 0.0969. The topological polar surface area (TPSA) is 64.6 Å². The zero-order valence-electron chi connectivity index (χ0n) is 17.3. The van der Waals surface area contributed by atoms with Crippen LogP contribution >= 0.6 is 0 Å². The fourth-order valence-corrected chi connectivity index (χ4v) is 4.16. The molecule has 1 fully saturated rings. The van der Waals surface area contributed by atoms with E-state index in [1.54, 1.807) is 18.2 Å². The SMILES string of the molecule is CCOc1ccc(NC2=C(CC3CCCOCC3)C(=O)c3ccccc3C2=O)cc1. The molecular formula is C25H27NO4. The Morgan fingerprint density at radius 3 is 2.43 bits per heavy atom. The lowest BCUT2D eigenvalue weighted by Crippen LogP contribution is -2.27. The number of nitrogens with one attached hydrogen (secondary N) is 1. The predicted molar refractivity (Wildman–Crippen MR) is 116 cm³/mol. The van der Waals surface area contributed by atoms with Crippen LogP contribution in [0.4, 0.5) is 5.69 Å². The summed E-state index contributed by atoms with van der Waals surface area (Å²) in [6.07, 6.45) is 3.48. The van der Waals surface area contributed by atoms with Gasteiger partial charge in [-0.15, -0.1) is 0 Å². The number of hydrogen-bond donors (Lipinski definition) is 1. The molecule has 5 heteroatoms. The summed E-state index contributed by atoms with van der Waals surface area (Å²) < 4.78 is 11.1. The van der Waals surface area contributed by atoms with E-state index in [0.717, 1.165) is 37.3 Å². The van der Waals surface area contributed by atoms with Crippen LogP contribution in [0.1, 0.15) is 53.3 Å². The molecule has 1 unspecified atom stereocenters. The number of ketones is 2. The van der Waals surface area contributed by atoms with E-state index in [1.807, 2.05) is 37.3 Å². The van der Waals surface area contributed by atoms with Crippen LogP contribution in [0.3, 0.4) is 0 Å². The summed E-state index contributed by atoms with van der Waals surface area (Å²) in [5, 5.41) is 3.25. The Hall–Kier alpha value is -2.92. The molecule has 2 aromatic carbocycles. The van der Waals surface area contributed by atoms with Crippen LogP contribution in [0.5, 0.6) is 5.75 Å². The number of anilines is 1. The highest BCUT2D eigenvalue weighted by atomic mass is 16.5. The van der Waals surface area contributed by atoms with Crippen molar-refractivity contribution < 1.29 is 19.1 Å². The van der Waals surface area contributed by atoms with Crippen molar-refractivity contribution >= 4 is 17.3 Å². The summed E-state index contributed by atoms with van der Waals surface area (Å²) >= 11 is 0. The molecule has 1 atom stereocenters. The van der Waals surface area contributed by atoms with Gasteiger partial charge in [0.15, 0.2) is 5.78 Å². The number of fused-ring (bicyclic) bond motifs is 1. The van der Waals surface area contributed by atoms with Gasteiger partial charge in [-0.25, -0.2) is 0 Å². The summed E-state index contributed by atoms with van der Waals surface area (Å²) in [4.78, 5) is 26.7. The molecule has 156 valence electrons. The average Bonchev–Trinajstić information content (AvgIpc) is 3.04. The first kappa shape index (κ1) is 20.4. The van der Waals surface area contributed by atoms with E-state index in [4.69, 9.17) is 9.47 Å². The maximum absolute atomic E-state index is 13.4. The first-order valence-electron chi connectivity index (χ1n) is 10.7. The molecule has 1 saturated heterocycles. The Bertz CT molecular complexity index is 953. The van der Waals surface area contributed by atoms with Crippen molar-refractivity contribution in [1.29, 1.82) is 0 Å². The molecular weight excluding hydrogens is 378 g/mol. The van der Waals surface area contributed by atoms with Gasteiger partial charge in [-0.3, -0.25) is 9.59 Å². The van der Waals surface area contributed by atoms with E-state index < -0.39 is 0 Å². The van der Waals surface area contributed by atoms with Gasteiger partial charge in [-0.2, -0.15) is 0 Å². The molecule has 0 bridgehead atoms. The van der Waals surface area contributed by atoms with E-state index >= 15 is 0 Å². The fourth-order valence-electron chi connectivity index (χ4n) is 4.16. The number of allylic oxidation sites excluding steroid dienone is 2. The minimum atomic E-state index is -0.126. The molecule has 5 nitrogen and oxygen atoms in total. The van der Waals surface area contributed by atoms with Crippen molar-refractivity contribution in [2.24, 2.45) is 5.92 Å². The van der Waals surface area contributed by atoms with E-state index in [9.17, 15) is 9.59 Å². The number of Topliss-reactive ketones (excluding diaryl/α,β-unsaturated/α-hetero) is 2. The van der Waals surface area contributed by atoms with Crippen LogP contribution in [0, 0.1) is 5.92 Å². The van der Waals surface area contributed by atoms with Crippen LogP contribution in [0.25, 0.3) is 0 Å². The van der Waals surface area contributed by atoms with E-state index in [0.29, 0.717) is 47.9 Å². The van der Waals surface area contributed by atoms with Gasteiger partial charge >= 0.3 is 0 Å². The third-order valence-electron chi connectivity index (χ3n) is 5.72. The summed E-state index contributed by atoms with van der Waals surface area (Å²) in [5.74, 6) is 0.927.